The zero-order valence-corrected chi connectivity index (χ0v) is 9.01. The van der Waals surface area contributed by atoms with Crippen LogP contribution in [-0.2, 0) is 14.4 Å². The third-order valence-corrected chi connectivity index (χ3v) is 4.22. The summed E-state index contributed by atoms with van der Waals surface area (Å²) in [6, 6.07) is 0.312. The number of methoxy groups -OCH3 is 1. The predicted octanol–water partition coefficient (Wildman–Crippen LogP) is 0.717. The number of rotatable bonds is 2. The predicted molar refractivity (Wildman–Crippen MR) is 53.9 cm³/mol. The summed E-state index contributed by atoms with van der Waals surface area (Å²) in [6.07, 6.45) is 2.83. The fraction of sp³-hybridized carbons (Fsp3) is 0.889. The number of carbonyl (C=O) groups excluding carboxylic acids is 1. The number of hydrogen-bond acceptors (Lipinski definition) is 5. The van der Waals surface area contributed by atoms with Gasteiger partial charge in [0.15, 0.2) is 6.10 Å². The number of ether oxygens (including phenoxy) is 1. The highest BCUT2D eigenvalue weighted by molar-refractivity contribution is 8.00. The molecule has 3 unspecified atom stereocenters. The van der Waals surface area contributed by atoms with E-state index in [9.17, 15) is 4.79 Å². The molecule has 0 amide bonds. The summed E-state index contributed by atoms with van der Waals surface area (Å²) < 4.78 is 4.63. The van der Waals surface area contributed by atoms with E-state index in [2.05, 4.69) is 10.2 Å². The summed E-state index contributed by atoms with van der Waals surface area (Å²) in [5.41, 5.74) is 2.94. The van der Waals surface area contributed by atoms with Gasteiger partial charge in [-0.1, -0.05) is 0 Å². The SMILES string of the molecule is COC(=O)C1CC(C2CCCS2)NO1. The standard InChI is InChI=1S/C9H15NO3S/c1-12-9(11)7-5-6(10-13-7)8-3-2-4-14-8/h6-8,10H,2-5H2,1H3. The van der Waals surface area contributed by atoms with Gasteiger partial charge in [-0.15, -0.1) is 0 Å². The first-order valence-electron chi connectivity index (χ1n) is 4.92. The highest BCUT2D eigenvalue weighted by atomic mass is 32.2. The fourth-order valence-corrected chi connectivity index (χ4v) is 3.29. The third kappa shape index (κ3) is 2.04. The minimum atomic E-state index is -0.411. The van der Waals surface area contributed by atoms with Crippen LogP contribution in [-0.4, -0.2) is 36.2 Å². The third-order valence-electron chi connectivity index (χ3n) is 2.71. The lowest BCUT2D eigenvalue weighted by molar-refractivity contribution is -0.154. The van der Waals surface area contributed by atoms with E-state index >= 15 is 0 Å². The van der Waals surface area contributed by atoms with E-state index in [1.54, 1.807) is 0 Å². The molecule has 2 aliphatic rings. The maximum absolute atomic E-state index is 11.2. The molecule has 3 atom stereocenters. The Bertz CT molecular complexity index is 218. The minimum Gasteiger partial charge on any atom is -0.467 e. The molecule has 80 valence electrons. The van der Waals surface area contributed by atoms with Crippen LogP contribution >= 0.6 is 11.8 Å². The van der Waals surface area contributed by atoms with Crippen molar-refractivity contribution in [3.63, 3.8) is 0 Å². The number of esters is 1. The molecule has 5 heteroatoms. The summed E-state index contributed by atoms with van der Waals surface area (Å²) in [7, 11) is 1.39. The first-order chi connectivity index (χ1) is 6.81. The molecule has 2 heterocycles. The second kappa shape index (κ2) is 4.51. The Hall–Kier alpha value is -0.260. The largest absolute Gasteiger partial charge is 0.467 e. The van der Waals surface area contributed by atoms with Gasteiger partial charge in [-0.3, -0.25) is 4.84 Å². The van der Waals surface area contributed by atoms with E-state index in [0.717, 1.165) is 6.42 Å². The molecule has 0 aromatic heterocycles. The Labute approximate surface area is 87.7 Å². The molecular formula is C9H15NO3S. The van der Waals surface area contributed by atoms with Crippen LogP contribution in [0.2, 0.25) is 0 Å². The molecule has 0 radical (unpaired) electrons. The Kier molecular flexibility index (Phi) is 3.30. The molecule has 2 aliphatic heterocycles. The molecule has 2 fully saturated rings. The fourth-order valence-electron chi connectivity index (χ4n) is 1.92. The van der Waals surface area contributed by atoms with Crippen LogP contribution in [0.1, 0.15) is 19.3 Å². The van der Waals surface area contributed by atoms with Crippen LogP contribution in [0.5, 0.6) is 0 Å². The van der Waals surface area contributed by atoms with Crippen molar-refractivity contribution in [2.24, 2.45) is 0 Å². The van der Waals surface area contributed by atoms with Crippen molar-refractivity contribution in [3.8, 4) is 0 Å². The summed E-state index contributed by atoms with van der Waals surface area (Å²) >= 11 is 1.97. The van der Waals surface area contributed by atoms with Crippen molar-refractivity contribution in [1.82, 2.24) is 5.48 Å². The van der Waals surface area contributed by atoms with Crippen molar-refractivity contribution in [3.05, 3.63) is 0 Å². The summed E-state index contributed by atoms with van der Waals surface area (Å²) in [4.78, 5) is 16.4. The number of hydroxylamine groups is 1. The van der Waals surface area contributed by atoms with Gasteiger partial charge in [0.1, 0.15) is 0 Å². The first-order valence-corrected chi connectivity index (χ1v) is 5.96. The Morgan fingerprint density at radius 3 is 3.14 bits per heavy atom. The molecule has 0 aromatic rings. The van der Waals surface area contributed by atoms with Crippen LogP contribution in [0.4, 0.5) is 0 Å². The van der Waals surface area contributed by atoms with Gasteiger partial charge in [0, 0.05) is 17.7 Å². The smallest absolute Gasteiger partial charge is 0.337 e. The van der Waals surface area contributed by atoms with Gasteiger partial charge >= 0.3 is 5.97 Å². The second-order valence-electron chi connectivity index (χ2n) is 3.64. The molecule has 1 N–H and O–H groups in total. The van der Waals surface area contributed by atoms with Crippen molar-refractivity contribution >= 4 is 17.7 Å². The van der Waals surface area contributed by atoms with Gasteiger partial charge in [0.25, 0.3) is 0 Å². The lowest BCUT2D eigenvalue weighted by Gasteiger charge is -2.14. The van der Waals surface area contributed by atoms with Crippen molar-refractivity contribution in [2.45, 2.75) is 36.7 Å². The van der Waals surface area contributed by atoms with Crippen LogP contribution in [0, 0.1) is 0 Å². The summed E-state index contributed by atoms with van der Waals surface area (Å²) in [6.45, 7) is 0. The van der Waals surface area contributed by atoms with Crippen molar-refractivity contribution in [1.29, 1.82) is 0 Å². The molecule has 0 bridgehead atoms. The molecule has 0 aromatic carbocycles. The topological polar surface area (TPSA) is 47.6 Å². The first kappa shape index (κ1) is 10.3. The van der Waals surface area contributed by atoms with Crippen LogP contribution in [0.3, 0.4) is 0 Å². The number of carbonyl (C=O) groups is 1. The van der Waals surface area contributed by atoms with Gasteiger partial charge in [-0.05, 0) is 18.6 Å². The lowest BCUT2D eigenvalue weighted by Crippen LogP contribution is -2.30. The molecule has 2 saturated heterocycles. The zero-order valence-electron chi connectivity index (χ0n) is 8.19. The van der Waals surface area contributed by atoms with Crippen molar-refractivity contribution in [2.75, 3.05) is 12.9 Å². The molecular weight excluding hydrogens is 202 g/mol. The maximum atomic E-state index is 11.2. The summed E-state index contributed by atoms with van der Waals surface area (Å²) in [5, 5.41) is 0.602. The Balaban J connectivity index is 1.84. The van der Waals surface area contributed by atoms with Crippen LogP contribution in [0.25, 0.3) is 0 Å². The van der Waals surface area contributed by atoms with Crippen LogP contribution in [0.15, 0.2) is 0 Å². The number of hydrogen-bond donors (Lipinski definition) is 1. The average molecular weight is 217 g/mol. The highest BCUT2D eigenvalue weighted by Crippen LogP contribution is 2.32. The number of thioether (sulfide) groups is 1. The molecule has 14 heavy (non-hydrogen) atoms. The van der Waals surface area contributed by atoms with E-state index in [4.69, 9.17) is 4.84 Å². The van der Waals surface area contributed by atoms with Gasteiger partial charge in [0.2, 0.25) is 0 Å². The summed E-state index contributed by atoms with van der Waals surface area (Å²) in [5.74, 6) is 0.953. The Morgan fingerprint density at radius 1 is 1.64 bits per heavy atom. The monoisotopic (exact) mass is 217 g/mol. The Morgan fingerprint density at radius 2 is 2.50 bits per heavy atom. The van der Waals surface area contributed by atoms with E-state index in [1.807, 2.05) is 11.8 Å². The van der Waals surface area contributed by atoms with E-state index in [1.165, 1.54) is 25.7 Å². The van der Waals surface area contributed by atoms with Crippen LogP contribution < -0.4 is 5.48 Å². The maximum Gasteiger partial charge on any atom is 0.337 e. The van der Waals surface area contributed by atoms with E-state index in [-0.39, 0.29) is 5.97 Å². The molecule has 0 spiro atoms. The molecule has 4 nitrogen and oxygen atoms in total. The van der Waals surface area contributed by atoms with Crippen molar-refractivity contribution < 1.29 is 14.4 Å². The second-order valence-corrected chi connectivity index (χ2v) is 4.99. The zero-order chi connectivity index (χ0) is 9.97. The van der Waals surface area contributed by atoms with Gasteiger partial charge in [-0.25, -0.2) is 4.79 Å². The molecule has 0 aliphatic carbocycles. The normalized spacial score (nSPS) is 37.4. The average Bonchev–Trinajstić information content (AvgIpc) is 2.86. The molecule has 2 rings (SSSR count). The van der Waals surface area contributed by atoms with Gasteiger partial charge in [-0.2, -0.15) is 17.2 Å². The van der Waals surface area contributed by atoms with E-state index in [0.29, 0.717) is 11.3 Å². The molecule has 0 saturated carbocycles. The quantitative estimate of drug-likeness (QED) is 0.691. The number of nitrogens with one attached hydrogen (secondary N) is 1. The van der Waals surface area contributed by atoms with E-state index < -0.39 is 6.10 Å². The lowest BCUT2D eigenvalue weighted by atomic mass is 10.1. The van der Waals surface area contributed by atoms with Gasteiger partial charge < -0.3 is 4.74 Å². The highest BCUT2D eigenvalue weighted by Gasteiger charge is 2.37. The van der Waals surface area contributed by atoms with Gasteiger partial charge in [0.05, 0.1) is 7.11 Å². The minimum absolute atomic E-state index is 0.275.